The number of hydrogen-bond acceptors (Lipinski definition) is 2. The summed E-state index contributed by atoms with van der Waals surface area (Å²) in [7, 11) is 0. The zero-order valence-corrected chi connectivity index (χ0v) is 13.0. The quantitative estimate of drug-likeness (QED) is 0.490. The molecule has 0 saturated heterocycles. The minimum Gasteiger partial charge on any atom is -0.256 e. The Hall–Kier alpha value is -3.44. The summed E-state index contributed by atoms with van der Waals surface area (Å²) in [6.45, 7) is 0. The first-order valence-electron chi connectivity index (χ1n) is 7.72. The Morgan fingerprint density at radius 1 is 0.750 bits per heavy atom. The molecule has 0 unspecified atom stereocenters. The first-order valence-corrected chi connectivity index (χ1v) is 7.72. The molecule has 0 atom stereocenters. The van der Waals surface area contributed by atoms with Gasteiger partial charge in [-0.2, -0.15) is 0 Å². The smallest absolute Gasteiger partial charge is 0.0780 e. The van der Waals surface area contributed by atoms with Gasteiger partial charge in [0.15, 0.2) is 0 Å². The van der Waals surface area contributed by atoms with Crippen molar-refractivity contribution in [3.63, 3.8) is 0 Å². The number of pyridine rings is 2. The molecule has 0 fully saturated rings. The number of hydrogen-bond donors (Lipinski definition) is 0. The van der Waals surface area contributed by atoms with Crippen LogP contribution in [0.15, 0.2) is 79.1 Å². The SMILES string of the molecule is C#Cc1cccc(-c2ncccc2-c2ccc3ncccc3c2)c1. The van der Waals surface area contributed by atoms with Crippen molar-refractivity contribution >= 4 is 10.9 Å². The van der Waals surface area contributed by atoms with Crippen LogP contribution in [0.2, 0.25) is 0 Å². The molecule has 24 heavy (non-hydrogen) atoms. The van der Waals surface area contributed by atoms with E-state index in [2.05, 4.69) is 40.2 Å². The van der Waals surface area contributed by atoms with Crippen molar-refractivity contribution in [2.75, 3.05) is 0 Å². The highest BCUT2D eigenvalue weighted by molar-refractivity contribution is 5.88. The fourth-order valence-corrected chi connectivity index (χ4v) is 2.87. The molecule has 0 N–H and O–H groups in total. The molecule has 0 amide bonds. The predicted molar refractivity (Wildman–Crippen MR) is 98.3 cm³/mol. The van der Waals surface area contributed by atoms with E-state index in [0.29, 0.717) is 0 Å². The van der Waals surface area contributed by atoms with Gasteiger partial charge in [0.1, 0.15) is 0 Å². The van der Waals surface area contributed by atoms with Crippen LogP contribution in [0, 0.1) is 12.3 Å². The lowest BCUT2D eigenvalue weighted by Crippen LogP contribution is -1.90. The van der Waals surface area contributed by atoms with Crippen LogP contribution < -0.4 is 0 Å². The molecule has 2 aromatic carbocycles. The maximum atomic E-state index is 5.53. The van der Waals surface area contributed by atoms with Gasteiger partial charge in [0, 0.05) is 34.5 Å². The van der Waals surface area contributed by atoms with Gasteiger partial charge in [-0.05, 0) is 42.0 Å². The highest BCUT2D eigenvalue weighted by atomic mass is 14.7. The summed E-state index contributed by atoms with van der Waals surface area (Å²) >= 11 is 0. The van der Waals surface area contributed by atoms with Gasteiger partial charge in [-0.25, -0.2) is 0 Å². The third kappa shape index (κ3) is 2.53. The van der Waals surface area contributed by atoms with Crippen LogP contribution >= 0.6 is 0 Å². The molecule has 0 saturated carbocycles. The summed E-state index contributed by atoms with van der Waals surface area (Å²) in [6, 6.07) is 22.3. The molecule has 2 heterocycles. The summed E-state index contributed by atoms with van der Waals surface area (Å²) in [5, 5.41) is 1.11. The topological polar surface area (TPSA) is 25.8 Å². The van der Waals surface area contributed by atoms with Gasteiger partial charge in [-0.1, -0.05) is 36.3 Å². The minimum absolute atomic E-state index is 0.854. The van der Waals surface area contributed by atoms with Crippen molar-refractivity contribution in [3.05, 3.63) is 84.7 Å². The lowest BCUT2D eigenvalue weighted by molar-refractivity contribution is 1.32. The zero-order valence-electron chi connectivity index (χ0n) is 13.0. The van der Waals surface area contributed by atoms with E-state index in [-0.39, 0.29) is 0 Å². The molecule has 0 aliphatic heterocycles. The van der Waals surface area contributed by atoms with E-state index < -0.39 is 0 Å². The van der Waals surface area contributed by atoms with Gasteiger partial charge in [0.25, 0.3) is 0 Å². The highest BCUT2D eigenvalue weighted by Gasteiger charge is 2.09. The lowest BCUT2D eigenvalue weighted by Gasteiger charge is -2.10. The zero-order chi connectivity index (χ0) is 16.4. The third-order valence-electron chi connectivity index (χ3n) is 4.02. The van der Waals surface area contributed by atoms with Gasteiger partial charge in [0.2, 0.25) is 0 Å². The Labute approximate surface area is 140 Å². The van der Waals surface area contributed by atoms with Crippen LogP contribution in [-0.2, 0) is 0 Å². The third-order valence-corrected chi connectivity index (χ3v) is 4.02. The normalized spacial score (nSPS) is 10.5. The average molecular weight is 306 g/mol. The van der Waals surface area contributed by atoms with Gasteiger partial charge in [-0.3, -0.25) is 9.97 Å². The maximum Gasteiger partial charge on any atom is 0.0780 e. The van der Waals surface area contributed by atoms with Crippen LogP contribution in [-0.4, -0.2) is 9.97 Å². The Kier molecular flexibility index (Phi) is 3.53. The summed E-state index contributed by atoms with van der Waals surface area (Å²) in [5.41, 5.74) is 5.99. The molecule has 0 radical (unpaired) electrons. The Morgan fingerprint density at radius 2 is 1.62 bits per heavy atom. The van der Waals surface area contributed by atoms with Gasteiger partial charge < -0.3 is 0 Å². The molecule has 0 aliphatic carbocycles. The molecule has 0 aliphatic rings. The molecule has 2 heteroatoms. The van der Waals surface area contributed by atoms with E-state index in [9.17, 15) is 0 Å². The van der Waals surface area contributed by atoms with Crippen LogP contribution in [0.25, 0.3) is 33.3 Å². The van der Waals surface area contributed by atoms with Crippen molar-refractivity contribution in [2.45, 2.75) is 0 Å². The first-order chi connectivity index (χ1) is 11.8. The van der Waals surface area contributed by atoms with Gasteiger partial charge in [0.05, 0.1) is 11.2 Å². The lowest BCUT2D eigenvalue weighted by atomic mass is 9.97. The molecule has 4 rings (SSSR count). The second-order valence-corrected chi connectivity index (χ2v) is 5.54. The van der Waals surface area contributed by atoms with Crippen molar-refractivity contribution in [1.82, 2.24) is 9.97 Å². The summed E-state index contributed by atoms with van der Waals surface area (Å²) < 4.78 is 0. The summed E-state index contributed by atoms with van der Waals surface area (Å²) in [5.74, 6) is 2.68. The molecule has 2 aromatic heterocycles. The molecule has 2 nitrogen and oxygen atoms in total. The second kappa shape index (κ2) is 5.98. The largest absolute Gasteiger partial charge is 0.256 e. The molecule has 0 spiro atoms. The predicted octanol–water partition coefficient (Wildman–Crippen LogP) is 4.95. The fourth-order valence-electron chi connectivity index (χ4n) is 2.87. The molecule has 0 bridgehead atoms. The average Bonchev–Trinajstić information content (AvgIpc) is 2.67. The Morgan fingerprint density at radius 3 is 2.54 bits per heavy atom. The minimum atomic E-state index is 0.854. The van der Waals surface area contributed by atoms with E-state index in [4.69, 9.17) is 6.42 Å². The highest BCUT2D eigenvalue weighted by Crippen LogP contribution is 2.31. The number of aromatic nitrogens is 2. The second-order valence-electron chi connectivity index (χ2n) is 5.54. The van der Waals surface area contributed by atoms with Crippen LogP contribution in [0.1, 0.15) is 5.56 Å². The van der Waals surface area contributed by atoms with Crippen molar-refractivity contribution < 1.29 is 0 Å². The van der Waals surface area contributed by atoms with Gasteiger partial charge >= 0.3 is 0 Å². The summed E-state index contributed by atoms with van der Waals surface area (Å²) in [6.07, 6.45) is 9.15. The van der Waals surface area contributed by atoms with E-state index in [1.54, 1.807) is 0 Å². The van der Waals surface area contributed by atoms with Crippen LogP contribution in [0.3, 0.4) is 0 Å². The molecular formula is C22H14N2. The Balaban J connectivity index is 1.90. The van der Waals surface area contributed by atoms with Gasteiger partial charge in [-0.15, -0.1) is 6.42 Å². The fraction of sp³-hybridized carbons (Fsp3) is 0. The number of fused-ring (bicyclic) bond motifs is 1. The number of nitrogens with zero attached hydrogens (tertiary/aromatic N) is 2. The van der Waals surface area contributed by atoms with E-state index in [1.165, 1.54) is 0 Å². The number of benzene rings is 2. The molecular weight excluding hydrogens is 292 g/mol. The van der Waals surface area contributed by atoms with E-state index >= 15 is 0 Å². The standard InChI is InChI=1S/C22H14N2/c1-2-16-6-3-7-19(14-16)22-20(9-5-13-24-22)17-10-11-21-18(15-17)8-4-12-23-21/h1,3-15H. The first kappa shape index (κ1) is 14.2. The molecule has 4 aromatic rings. The van der Waals surface area contributed by atoms with Crippen LogP contribution in [0.5, 0.6) is 0 Å². The van der Waals surface area contributed by atoms with Crippen molar-refractivity contribution in [1.29, 1.82) is 0 Å². The summed E-state index contributed by atoms with van der Waals surface area (Å²) in [4.78, 5) is 8.98. The monoisotopic (exact) mass is 306 g/mol. The van der Waals surface area contributed by atoms with E-state index in [0.717, 1.165) is 38.9 Å². The molecule has 112 valence electrons. The number of terminal acetylenes is 1. The van der Waals surface area contributed by atoms with E-state index in [1.807, 2.05) is 54.9 Å². The van der Waals surface area contributed by atoms with Crippen molar-refractivity contribution in [3.8, 4) is 34.7 Å². The number of rotatable bonds is 2. The maximum absolute atomic E-state index is 5.53. The van der Waals surface area contributed by atoms with Crippen LogP contribution in [0.4, 0.5) is 0 Å². The Bertz CT molecular complexity index is 1070. The van der Waals surface area contributed by atoms with Crippen molar-refractivity contribution in [2.24, 2.45) is 0 Å².